The molecular weight excluding hydrogens is 290 g/mol. The van der Waals surface area contributed by atoms with E-state index in [0.29, 0.717) is 11.2 Å². The zero-order valence-electron chi connectivity index (χ0n) is 12.5. The highest BCUT2D eigenvalue weighted by Gasteiger charge is 2.30. The van der Waals surface area contributed by atoms with E-state index in [1.807, 2.05) is 11.8 Å². The van der Waals surface area contributed by atoms with Gasteiger partial charge < -0.3 is 4.74 Å². The van der Waals surface area contributed by atoms with Crippen molar-refractivity contribution in [3.05, 3.63) is 17.0 Å². The molecule has 3 nitrogen and oxygen atoms in total. The SMILES string of the molecule is COC(=O)C(CC(C)C)NC1C[C@H](C)Sc2sccc21. The van der Waals surface area contributed by atoms with Crippen molar-refractivity contribution < 1.29 is 9.53 Å². The monoisotopic (exact) mass is 313 g/mol. The number of hydrogen-bond acceptors (Lipinski definition) is 5. The van der Waals surface area contributed by atoms with Crippen LogP contribution in [0.15, 0.2) is 15.7 Å². The summed E-state index contributed by atoms with van der Waals surface area (Å²) >= 11 is 3.73. The molecule has 2 unspecified atom stereocenters. The van der Waals surface area contributed by atoms with Crippen LogP contribution in [-0.4, -0.2) is 24.4 Å². The molecular formula is C15H23NO2S2. The maximum atomic E-state index is 12.0. The Morgan fingerprint density at radius 2 is 2.30 bits per heavy atom. The van der Waals surface area contributed by atoms with E-state index in [9.17, 15) is 4.79 Å². The number of ether oxygens (including phenoxy) is 1. The molecule has 0 saturated carbocycles. The minimum Gasteiger partial charge on any atom is -0.468 e. The van der Waals surface area contributed by atoms with Gasteiger partial charge in [-0.1, -0.05) is 20.8 Å². The summed E-state index contributed by atoms with van der Waals surface area (Å²) in [7, 11) is 1.46. The van der Waals surface area contributed by atoms with E-state index in [2.05, 4.69) is 37.5 Å². The van der Waals surface area contributed by atoms with E-state index in [1.165, 1.54) is 16.9 Å². The van der Waals surface area contributed by atoms with Gasteiger partial charge in [0.25, 0.3) is 0 Å². The first-order chi connectivity index (χ1) is 9.51. The lowest BCUT2D eigenvalue weighted by molar-refractivity contribution is -0.143. The smallest absolute Gasteiger partial charge is 0.322 e. The summed E-state index contributed by atoms with van der Waals surface area (Å²) in [4.78, 5) is 12.0. The topological polar surface area (TPSA) is 38.3 Å². The van der Waals surface area contributed by atoms with Crippen molar-refractivity contribution in [3.63, 3.8) is 0 Å². The number of methoxy groups -OCH3 is 1. The van der Waals surface area contributed by atoms with Gasteiger partial charge in [0.15, 0.2) is 0 Å². The summed E-state index contributed by atoms with van der Waals surface area (Å²) in [5, 5.41) is 6.25. The number of carbonyl (C=O) groups is 1. The Balaban J connectivity index is 2.12. The van der Waals surface area contributed by atoms with Crippen molar-refractivity contribution in [3.8, 4) is 0 Å². The molecule has 1 N–H and O–H groups in total. The fourth-order valence-electron chi connectivity index (χ4n) is 2.60. The van der Waals surface area contributed by atoms with E-state index < -0.39 is 0 Å². The van der Waals surface area contributed by atoms with Gasteiger partial charge in [-0.25, -0.2) is 0 Å². The number of carbonyl (C=O) groups excluding carboxylic acids is 1. The highest BCUT2D eigenvalue weighted by Crippen LogP contribution is 2.44. The Morgan fingerprint density at radius 1 is 1.55 bits per heavy atom. The normalized spacial score (nSPS) is 23.4. The predicted molar refractivity (Wildman–Crippen MR) is 85.4 cm³/mol. The summed E-state index contributed by atoms with van der Waals surface area (Å²) in [6, 6.07) is 2.23. The second kappa shape index (κ2) is 6.96. The van der Waals surface area contributed by atoms with Crippen LogP contribution in [0.5, 0.6) is 0 Å². The van der Waals surface area contributed by atoms with Crippen LogP contribution in [0.3, 0.4) is 0 Å². The minimum atomic E-state index is -0.215. The van der Waals surface area contributed by atoms with Crippen LogP contribution >= 0.6 is 23.1 Å². The maximum Gasteiger partial charge on any atom is 0.322 e. The third kappa shape index (κ3) is 3.77. The molecule has 0 amide bonds. The highest BCUT2D eigenvalue weighted by molar-refractivity contribution is 8.01. The molecule has 0 saturated heterocycles. The Morgan fingerprint density at radius 3 is 2.95 bits per heavy atom. The van der Waals surface area contributed by atoms with Crippen molar-refractivity contribution in [1.82, 2.24) is 5.32 Å². The van der Waals surface area contributed by atoms with Crippen LogP contribution in [0.4, 0.5) is 0 Å². The summed E-state index contributed by atoms with van der Waals surface area (Å²) in [5.41, 5.74) is 1.34. The Bertz CT molecular complexity index is 458. The van der Waals surface area contributed by atoms with Crippen molar-refractivity contribution in [2.24, 2.45) is 5.92 Å². The van der Waals surface area contributed by atoms with Gasteiger partial charge in [0.1, 0.15) is 6.04 Å². The zero-order valence-corrected chi connectivity index (χ0v) is 14.1. The summed E-state index contributed by atoms with van der Waals surface area (Å²) < 4.78 is 6.33. The lowest BCUT2D eigenvalue weighted by atomic mass is 9.99. The van der Waals surface area contributed by atoms with Gasteiger partial charge in [0.05, 0.1) is 11.3 Å². The van der Waals surface area contributed by atoms with Gasteiger partial charge in [-0.3, -0.25) is 10.1 Å². The summed E-state index contributed by atoms with van der Waals surface area (Å²) in [6.07, 6.45) is 1.87. The Kier molecular flexibility index (Phi) is 5.52. The van der Waals surface area contributed by atoms with E-state index >= 15 is 0 Å². The molecule has 1 aliphatic rings. The van der Waals surface area contributed by atoms with Gasteiger partial charge in [-0.05, 0) is 35.8 Å². The van der Waals surface area contributed by atoms with Crippen molar-refractivity contribution in [1.29, 1.82) is 0 Å². The Hall–Kier alpha value is -0.520. The van der Waals surface area contributed by atoms with Gasteiger partial charge in [-0.2, -0.15) is 0 Å². The highest BCUT2D eigenvalue weighted by atomic mass is 32.2. The van der Waals surface area contributed by atoms with E-state index in [4.69, 9.17) is 4.74 Å². The van der Waals surface area contributed by atoms with E-state index in [0.717, 1.165) is 12.8 Å². The van der Waals surface area contributed by atoms with Gasteiger partial charge in [-0.15, -0.1) is 23.1 Å². The predicted octanol–water partition coefficient (Wildman–Crippen LogP) is 3.85. The number of thiophene rings is 1. The second-order valence-electron chi connectivity index (χ2n) is 5.75. The fraction of sp³-hybridized carbons (Fsp3) is 0.667. The van der Waals surface area contributed by atoms with E-state index in [1.54, 1.807) is 11.3 Å². The number of nitrogens with one attached hydrogen (secondary N) is 1. The molecule has 112 valence electrons. The van der Waals surface area contributed by atoms with Crippen LogP contribution in [-0.2, 0) is 9.53 Å². The molecule has 3 atom stereocenters. The first kappa shape index (κ1) is 15.9. The number of fused-ring (bicyclic) bond motifs is 1. The molecule has 0 bridgehead atoms. The van der Waals surface area contributed by atoms with Crippen LogP contribution in [0, 0.1) is 5.92 Å². The first-order valence-electron chi connectivity index (χ1n) is 7.09. The van der Waals surface area contributed by atoms with Crippen molar-refractivity contribution in [2.75, 3.05) is 7.11 Å². The molecule has 0 spiro atoms. The number of rotatable bonds is 5. The van der Waals surface area contributed by atoms with Crippen molar-refractivity contribution >= 4 is 29.1 Å². The molecule has 1 aliphatic heterocycles. The molecule has 5 heteroatoms. The summed E-state index contributed by atoms with van der Waals surface area (Å²) in [5.74, 6) is 0.310. The van der Waals surface area contributed by atoms with Crippen molar-refractivity contribution in [2.45, 2.75) is 55.2 Å². The average molecular weight is 313 g/mol. The molecule has 1 aromatic rings. The molecule has 2 heterocycles. The van der Waals surface area contributed by atoms with E-state index in [-0.39, 0.29) is 18.1 Å². The summed E-state index contributed by atoms with van der Waals surface area (Å²) in [6.45, 7) is 6.51. The third-order valence-corrected chi connectivity index (χ3v) is 5.85. The third-order valence-electron chi connectivity index (χ3n) is 3.50. The molecule has 20 heavy (non-hydrogen) atoms. The largest absolute Gasteiger partial charge is 0.468 e. The lowest BCUT2D eigenvalue weighted by Crippen LogP contribution is -2.42. The maximum absolute atomic E-state index is 12.0. The zero-order chi connectivity index (χ0) is 14.7. The van der Waals surface area contributed by atoms with Crippen LogP contribution < -0.4 is 5.32 Å². The Labute approximate surface area is 129 Å². The lowest BCUT2D eigenvalue weighted by Gasteiger charge is -2.31. The number of esters is 1. The molecule has 0 aromatic carbocycles. The quantitative estimate of drug-likeness (QED) is 0.838. The van der Waals surface area contributed by atoms with Crippen LogP contribution in [0.25, 0.3) is 0 Å². The standard InChI is InChI=1S/C15H23NO2S2/c1-9(2)7-13(14(17)18-4)16-12-8-10(3)20-15-11(12)5-6-19-15/h5-6,9-10,12-13,16H,7-8H2,1-4H3/t10-,12?,13?/m0/s1. The molecule has 0 aliphatic carbocycles. The van der Waals surface area contributed by atoms with Crippen LogP contribution in [0.1, 0.15) is 45.2 Å². The van der Waals surface area contributed by atoms with Gasteiger partial charge in [0.2, 0.25) is 0 Å². The molecule has 0 fully saturated rings. The van der Waals surface area contributed by atoms with Crippen LogP contribution in [0.2, 0.25) is 0 Å². The number of hydrogen-bond donors (Lipinski definition) is 1. The molecule has 0 radical (unpaired) electrons. The minimum absolute atomic E-state index is 0.152. The number of thioether (sulfide) groups is 1. The molecule has 2 rings (SSSR count). The second-order valence-corrected chi connectivity index (χ2v) is 8.38. The molecule has 1 aromatic heterocycles. The van der Waals surface area contributed by atoms with Gasteiger partial charge in [0, 0.05) is 11.3 Å². The van der Waals surface area contributed by atoms with Gasteiger partial charge >= 0.3 is 5.97 Å². The first-order valence-corrected chi connectivity index (χ1v) is 8.85. The fourth-order valence-corrected chi connectivity index (χ4v) is 5.16. The average Bonchev–Trinajstić information content (AvgIpc) is 2.84.